The highest BCUT2D eigenvalue weighted by Gasteiger charge is 2.28. The zero-order valence-electron chi connectivity index (χ0n) is 19.6. The minimum absolute atomic E-state index is 0.0470. The highest BCUT2D eigenvalue weighted by atomic mass is 16.2. The fourth-order valence-electron chi connectivity index (χ4n) is 5.17. The molecule has 2 heterocycles. The third-order valence-electron chi connectivity index (χ3n) is 7.14. The minimum Gasteiger partial charge on any atom is -0.349 e. The Kier molecular flexibility index (Phi) is 7.14. The van der Waals surface area contributed by atoms with E-state index >= 15 is 0 Å². The average Bonchev–Trinajstić information content (AvgIpc) is 3.42. The lowest BCUT2D eigenvalue weighted by molar-refractivity contribution is -0.117. The summed E-state index contributed by atoms with van der Waals surface area (Å²) in [7, 11) is 0. The monoisotopic (exact) mass is 447 g/mol. The minimum atomic E-state index is -0.0879. The molecule has 0 spiro atoms. The SMILES string of the molecule is Cc1c(C#N)c(NC(=O)CN2CCC(NC(=O)c3ccccc3)CC2)n(C2CCCC2)c1C. The second kappa shape index (κ2) is 10.2. The number of hydrogen-bond acceptors (Lipinski definition) is 4. The summed E-state index contributed by atoms with van der Waals surface area (Å²) in [5.74, 6) is 0.527. The van der Waals surface area contributed by atoms with Gasteiger partial charge in [0.05, 0.1) is 12.1 Å². The highest BCUT2D eigenvalue weighted by molar-refractivity contribution is 5.94. The summed E-state index contributed by atoms with van der Waals surface area (Å²) in [5.41, 5.74) is 3.27. The van der Waals surface area contributed by atoms with Gasteiger partial charge in [0, 0.05) is 36.4 Å². The van der Waals surface area contributed by atoms with Crippen LogP contribution in [0.25, 0.3) is 0 Å². The van der Waals surface area contributed by atoms with Gasteiger partial charge in [-0.3, -0.25) is 14.5 Å². The lowest BCUT2D eigenvalue weighted by atomic mass is 10.0. The number of rotatable bonds is 6. The maximum atomic E-state index is 12.9. The van der Waals surface area contributed by atoms with E-state index in [0.717, 1.165) is 50.0 Å². The van der Waals surface area contributed by atoms with E-state index in [1.54, 1.807) is 0 Å². The Morgan fingerprint density at radius 1 is 1.06 bits per heavy atom. The molecule has 1 aliphatic heterocycles. The van der Waals surface area contributed by atoms with Gasteiger partial charge in [-0.15, -0.1) is 0 Å². The van der Waals surface area contributed by atoms with Crippen LogP contribution in [0, 0.1) is 25.2 Å². The number of likely N-dealkylation sites (tertiary alicyclic amines) is 1. The van der Waals surface area contributed by atoms with E-state index in [2.05, 4.69) is 26.2 Å². The zero-order valence-corrected chi connectivity index (χ0v) is 19.6. The summed E-state index contributed by atoms with van der Waals surface area (Å²) in [6, 6.07) is 12.0. The first-order valence-corrected chi connectivity index (χ1v) is 12.0. The van der Waals surface area contributed by atoms with Crippen LogP contribution in [0.15, 0.2) is 30.3 Å². The van der Waals surface area contributed by atoms with E-state index in [1.165, 1.54) is 12.8 Å². The summed E-state index contributed by atoms with van der Waals surface area (Å²) in [6.07, 6.45) is 6.17. The Hall–Kier alpha value is -3.11. The van der Waals surface area contributed by atoms with Gasteiger partial charge in [-0.1, -0.05) is 31.0 Å². The number of amides is 2. The van der Waals surface area contributed by atoms with Crippen LogP contribution < -0.4 is 10.6 Å². The molecule has 1 saturated heterocycles. The first kappa shape index (κ1) is 23.1. The van der Waals surface area contributed by atoms with E-state index in [9.17, 15) is 14.9 Å². The number of aromatic nitrogens is 1. The van der Waals surface area contributed by atoms with Crippen molar-refractivity contribution in [3.63, 3.8) is 0 Å². The molecule has 33 heavy (non-hydrogen) atoms. The molecule has 1 aliphatic carbocycles. The number of benzene rings is 1. The molecule has 7 nitrogen and oxygen atoms in total. The first-order chi connectivity index (χ1) is 16.0. The van der Waals surface area contributed by atoms with Crippen molar-refractivity contribution in [1.82, 2.24) is 14.8 Å². The molecule has 174 valence electrons. The molecule has 0 atom stereocenters. The molecule has 1 aromatic carbocycles. The second-order valence-corrected chi connectivity index (χ2v) is 9.29. The number of piperidine rings is 1. The van der Waals surface area contributed by atoms with Crippen LogP contribution >= 0.6 is 0 Å². The van der Waals surface area contributed by atoms with E-state index in [0.29, 0.717) is 23.0 Å². The Balaban J connectivity index is 1.33. The van der Waals surface area contributed by atoms with Crippen molar-refractivity contribution >= 4 is 17.6 Å². The molecular weight excluding hydrogens is 414 g/mol. The van der Waals surface area contributed by atoms with Crippen LogP contribution in [0.4, 0.5) is 5.82 Å². The van der Waals surface area contributed by atoms with Crippen LogP contribution in [0.5, 0.6) is 0 Å². The van der Waals surface area contributed by atoms with Gasteiger partial charge in [-0.05, 0) is 57.2 Å². The van der Waals surface area contributed by atoms with Gasteiger partial charge >= 0.3 is 0 Å². The second-order valence-electron chi connectivity index (χ2n) is 9.29. The Morgan fingerprint density at radius 2 is 1.73 bits per heavy atom. The number of carbonyl (C=O) groups excluding carboxylic acids is 2. The summed E-state index contributed by atoms with van der Waals surface area (Å²) < 4.78 is 2.18. The smallest absolute Gasteiger partial charge is 0.251 e. The van der Waals surface area contributed by atoms with Crippen LogP contribution in [-0.4, -0.2) is 47.0 Å². The van der Waals surface area contributed by atoms with Crippen LogP contribution in [-0.2, 0) is 4.79 Å². The van der Waals surface area contributed by atoms with Crippen LogP contribution in [0.1, 0.15) is 71.7 Å². The lowest BCUT2D eigenvalue weighted by Gasteiger charge is -2.32. The quantitative estimate of drug-likeness (QED) is 0.702. The predicted molar refractivity (Wildman–Crippen MR) is 128 cm³/mol. The number of nitrogens with zero attached hydrogens (tertiary/aromatic N) is 3. The molecule has 0 unspecified atom stereocenters. The summed E-state index contributed by atoms with van der Waals surface area (Å²) in [5, 5.41) is 15.9. The molecule has 2 N–H and O–H groups in total. The van der Waals surface area contributed by atoms with Gasteiger partial charge in [0.2, 0.25) is 5.91 Å². The van der Waals surface area contributed by atoms with Gasteiger partial charge in [0.15, 0.2) is 0 Å². The molecular formula is C26H33N5O2. The molecule has 0 radical (unpaired) electrons. The maximum absolute atomic E-state index is 12.9. The molecule has 1 aromatic heterocycles. The number of nitrogens with one attached hydrogen (secondary N) is 2. The third kappa shape index (κ3) is 5.12. The number of hydrogen-bond donors (Lipinski definition) is 2. The fourth-order valence-corrected chi connectivity index (χ4v) is 5.17. The lowest BCUT2D eigenvalue weighted by Crippen LogP contribution is -2.46. The molecule has 4 rings (SSSR count). The molecule has 0 bridgehead atoms. The van der Waals surface area contributed by atoms with Gasteiger partial charge in [0.1, 0.15) is 11.9 Å². The van der Waals surface area contributed by atoms with Crippen molar-refractivity contribution in [1.29, 1.82) is 5.26 Å². The summed E-state index contributed by atoms with van der Waals surface area (Å²) in [4.78, 5) is 27.4. The Labute approximate surface area is 195 Å². The van der Waals surface area contributed by atoms with Crippen LogP contribution in [0.2, 0.25) is 0 Å². The van der Waals surface area contributed by atoms with E-state index in [4.69, 9.17) is 0 Å². The fraction of sp³-hybridized carbons (Fsp3) is 0.500. The largest absolute Gasteiger partial charge is 0.349 e. The average molecular weight is 448 g/mol. The topological polar surface area (TPSA) is 90.2 Å². The van der Waals surface area contributed by atoms with Gasteiger partial charge in [0.25, 0.3) is 5.91 Å². The molecule has 7 heteroatoms. The standard InChI is InChI=1S/C26H33N5O2/c1-18-19(2)31(22-10-6-7-11-22)25(23(18)16-27)29-24(32)17-30-14-12-21(13-15-30)28-26(33)20-8-4-3-5-9-20/h3-5,8-9,21-22H,6-7,10-15,17H2,1-2H3,(H,28,33)(H,29,32). The predicted octanol–water partition coefficient (Wildman–Crippen LogP) is 3.92. The number of nitriles is 1. The third-order valence-corrected chi connectivity index (χ3v) is 7.14. The summed E-state index contributed by atoms with van der Waals surface area (Å²) >= 11 is 0. The zero-order chi connectivity index (χ0) is 23.4. The summed E-state index contributed by atoms with van der Waals surface area (Å²) in [6.45, 7) is 5.79. The van der Waals surface area contributed by atoms with Crippen molar-refractivity contribution in [2.45, 2.75) is 64.5 Å². The number of anilines is 1. The molecule has 2 amide bonds. The van der Waals surface area contributed by atoms with Gasteiger partial charge in [-0.25, -0.2) is 0 Å². The van der Waals surface area contributed by atoms with Crippen molar-refractivity contribution in [3.8, 4) is 6.07 Å². The highest BCUT2D eigenvalue weighted by Crippen LogP contribution is 2.37. The Morgan fingerprint density at radius 3 is 2.36 bits per heavy atom. The molecule has 2 aromatic rings. The molecule has 2 aliphatic rings. The van der Waals surface area contributed by atoms with E-state index < -0.39 is 0 Å². The van der Waals surface area contributed by atoms with Crippen molar-refractivity contribution in [2.75, 3.05) is 25.0 Å². The molecule has 1 saturated carbocycles. The van der Waals surface area contributed by atoms with Crippen LogP contribution in [0.3, 0.4) is 0 Å². The van der Waals surface area contributed by atoms with Gasteiger partial charge < -0.3 is 15.2 Å². The van der Waals surface area contributed by atoms with Crippen molar-refractivity contribution < 1.29 is 9.59 Å². The van der Waals surface area contributed by atoms with Crippen molar-refractivity contribution in [3.05, 3.63) is 52.7 Å². The van der Waals surface area contributed by atoms with Gasteiger partial charge in [-0.2, -0.15) is 5.26 Å². The number of carbonyl (C=O) groups is 2. The Bertz CT molecular complexity index is 1040. The normalized spacial score (nSPS) is 17.6. The maximum Gasteiger partial charge on any atom is 0.251 e. The van der Waals surface area contributed by atoms with Crippen molar-refractivity contribution in [2.24, 2.45) is 0 Å². The first-order valence-electron chi connectivity index (χ1n) is 12.0. The van der Waals surface area contributed by atoms with E-state index in [-0.39, 0.29) is 24.4 Å². The molecule has 2 fully saturated rings. The van der Waals surface area contributed by atoms with E-state index in [1.807, 2.05) is 44.2 Å².